The highest BCUT2D eigenvalue weighted by Gasteiger charge is 2.25. The average molecular weight is 376 g/mol. The Balaban J connectivity index is 1.69. The van der Waals surface area contributed by atoms with Crippen molar-refractivity contribution in [1.82, 2.24) is 9.88 Å². The molecule has 3 aromatic rings. The number of nitrogens with zero attached hydrogens (tertiary/aromatic N) is 1. The molecule has 0 saturated heterocycles. The maximum Gasteiger partial charge on any atom is 0.261 e. The summed E-state index contributed by atoms with van der Waals surface area (Å²) in [5.41, 5.74) is 1.53. The summed E-state index contributed by atoms with van der Waals surface area (Å²) in [6.07, 6.45) is 3.34. The van der Waals surface area contributed by atoms with Gasteiger partial charge in [0.1, 0.15) is 11.3 Å². The molecular formula is C22H20N2O4. The summed E-state index contributed by atoms with van der Waals surface area (Å²) in [5, 5.41) is 0. The Hall–Kier alpha value is -3.41. The van der Waals surface area contributed by atoms with E-state index in [1.807, 2.05) is 30.3 Å². The summed E-state index contributed by atoms with van der Waals surface area (Å²) >= 11 is 0. The van der Waals surface area contributed by atoms with Crippen LogP contribution in [0.5, 0.6) is 0 Å². The highest BCUT2D eigenvalue weighted by atomic mass is 16.3. The number of benzene rings is 1. The number of carbonyl (C=O) groups is 2. The van der Waals surface area contributed by atoms with E-state index in [4.69, 9.17) is 4.42 Å². The number of furan rings is 1. The van der Waals surface area contributed by atoms with E-state index in [1.165, 1.54) is 6.07 Å². The minimum absolute atomic E-state index is 0.0171. The van der Waals surface area contributed by atoms with Crippen molar-refractivity contribution in [2.45, 2.75) is 32.4 Å². The molecule has 1 aromatic carbocycles. The van der Waals surface area contributed by atoms with Crippen molar-refractivity contribution >= 4 is 11.7 Å². The zero-order valence-corrected chi connectivity index (χ0v) is 15.3. The summed E-state index contributed by atoms with van der Waals surface area (Å²) in [5.74, 6) is 0.157. The fraction of sp³-hybridized carbons (Fsp3) is 0.227. The first-order valence-corrected chi connectivity index (χ1v) is 9.27. The van der Waals surface area contributed by atoms with Gasteiger partial charge in [-0.1, -0.05) is 30.3 Å². The molecule has 0 fully saturated rings. The van der Waals surface area contributed by atoms with E-state index < -0.39 is 11.5 Å². The Morgan fingerprint density at radius 1 is 1.04 bits per heavy atom. The van der Waals surface area contributed by atoms with Crippen molar-refractivity contribution in [1.29, 1.82) is 0 Å². The van der Waals surface area contributed by atoms with Gasteiger partial charge in [-0.15, -0.1) is 0 Å². The van der Waals surface area contributed by atoms with Gasteiger partial charge < -0.3 is 14.3 Å². The first-order chi connectivity index (χ1) is 13.6. The second-order valence-corrected chi connectivity index (χ2v) is 6.91. The van der Waals surface area contributed by atoms with Crippen LogP contribution in [0.3, 0.4) is 0 Å². The number of carbonyl (C=O) groups excluding carboxylic acids is 2. The van der Waals surface area contributed by atoms with Gasteiger partial charge >= 0.3 is 0 Å². The van der Waals surface area contributed by atoms with Gasteiger partial charge in [0.05, 0.1) is 12.8 Å². The van der Waals surface area contributed by atoms with Crippen LogP contribution >= 0.6 is 0 Å². The van der Waals surface area contributed by atoms with E-state index in [-0.39, 0.29) is 17.9 Å². The Bertz CT molecular complexity index is 1050. The summed E-state index contributed by atoms with van der Waals surface area (Å²) < 4.78 is 5.39. The molecule has 1 amide bonds. The van der Waals surface area contributed by atoms with Crippen LogP contribution < -0.4 is 5.56 Å². The van der Waals surface area contributed by atoms with Gasteiger partial charge in [-0.3, -0.25) is 14.4 Å². The van der Waals surface area contributed by atoms with Crippen LogP contribution in [0.4, 0.5) is 0 Å². The molecule has 0 radical (unpaired) electrons. The van der Waals surface area contributed by atoms with Crippen LogP contribution in [0.1, 0.15) is 50.6 Å². The third kappa shape index (κ3) is 3.67. The molecule has 28 heavy (non-hydrogen) atoms. The van der Waals surface area contributed by atoms with Gasteiger partial charge in [0.25, 0.3) is 11.5 Å². The summed E-state index contributed by atoms with van der Waals surface area (Å²) in [6, 6.07) is 14.5. The zero-order chi connectivity index (χ0) is 19.5. The monoisotopic (exact) mass is 376 g/mol. The number of nitrogens with one attached hydrogen (secondary N) is 1. The molecular weight excluding hydrogens is 356 g/mol. The average Bonchev–Trinajstić information content (AvgIpc) is 3.21. The zero-order valence-electron chi connectivity index (χ0n) is 15.3. The molecule has 1 N–H and O–H groups in total. The number of hydrogen-bond donors (Lipinski definition) is 1. The van der Waals surface area contributed by atoms with Gasteiger partial charge in [0.15, 0.2) is 5.78 Å². The number of H-pyrrole nitrogens is 1. The minimum atomic E-state index is -0.462. The molecule has 6 heteroatoms. The molecule has 0 bridgehead atoms. The van der Waals surface area contributed by atoms with Gasteiger partial charge in [0.2, 0.25) is 0 Å². The predicted octanol–water partition coefficient (Wildman–Crippen LogP) is 3.33. The van der Waals surface area contributed by atoms with E-state index in [0.717, 1.165) is 5.56 Å². The number of aromatic nitrogens is 1. The van der Waals surface area contributed by atoms with Gasteiger partial charge in [-0.2, -0.15) is 0 Å². The van der Waals surface area contributed by atoms with Crippen molar-refractivity contribution < 1.29 is 14.0 Å². The lowest BCUT2D eigenvalue weighted by atomic mass is 9.93. The van der Waals surface area contributed by atoms with Gasteiger partial charge in [-0.25, -0.2) is 0 Å². The number of rotatable bonds is 5. The number of pyridine rings is 1. The first kappa shape index (κ1) is 18.0. The van der Waals surface area contributed by atoms with E-state index in [0.29, 0.717) is 42.8 Å². The van der Waals surface area contributed by atoms with Crippen LogP contribution in [-0.4, -0.2) is 21.6 Å². The first-order valence-electron chi connectivity index (χ1n) is 9.27. The molecule has 0 unspecified atom stereocenters. The quantitative estimate of drug-likeness (QED) is 0.740. The normalized spacial score (nSPS) is 13.2. The Morgan fingerprint density at radius 2 is 1.86 bits per heavy atom. The standard InChI is InChI=1S/C22H20N2O4/c25-20-10-4-9-19-17(20)12-18(21(26)23-19)22(27)24(14-16-8-5-11-28-16)13-15-6-2-1-3-7-15/h1-3,5-8,11-12H,4,9-10,13-14H2,(H,23,26). The second-order valence-electron chi connectivity index (χ2n) is 6.91. The lowest BCUT2D eigenvalue weighted by Crippen LogP contribution is -2.35. The van der Waals surface area contributed by atoms with Crippen molar-refractivity contribution in [2.24, 2.45) is 0 Å². The van der Waals surface area contributed by atoms with Gasteiger partial charge in [-0.05, 0) is 36.6 Å². The molecule has 0 atom stereocenters. The van der Waals surface area contributed by atoms with Crippen LogP contribution in [-0.2, 0) is 19.5 Å². The number of hydrogen-bond acceptors (Lipinski definition) is 4. The second kappa shape index (κ2) is 7.68. The van der Waals surface area contributed by atoms with E-state index >= 15 is 0 Å². The Labute approximate surface area is 161 Å². The Morgan fingerprint density at radius 3 is 2.61 bits per heavy atom. The molecule has 0 aliphatic heterocycles. The number of Topliss-reactive ketones (excluding diaryl/α,β-unsaturated/α-hetero) is 1. The maximum atomic E-state index is 13.2. The molecule has 4 rings (SSSR count). The fourth-order valence-corrected chi connectivity index (χ4v) is 3.50. The van der Waals surface area contributed by atoms with Crippen molar-refractivity contribution in [2.75, 3.05) is 0 Å². The molecule has 2 heterocycles. The molecule has 0 saturated carbocycles. The number of amides is 1. The lowest BCUT2D eigenvalue weighted by molar-refractivity contribution is 0.0715. The van der Waals surface area contributed by atoms with Crippen LogP contribution in [0.25, 0.3) is 0 Å². The van der Waals surface area contributed by atoms with E-state index in [2.05, 4.69) is 4.98 Å². The topological polar surface area (TPSA) is 83.4 Å². The molecule has 2 aromatic heterocycles. The van der Waals surface area contributed by atoms with Crippen LogP contribution in [0.2, 0.25) is 0 Å². The Kier molecular flexibility index (Phi) is 4.93. The summed E-state index contributed by atoms with van der Waals surface area (Å²) in [7, 11) is 0. The fourth-order valence-electron chi connectivity index (χ4n) is 3.50. The predicted molar refractivity (Wildman–Crippen MR) is 103 cm³/mol. The minimum Gasteiger partial charge on any atom is -0.467 e. The third-order valence-corrected chi connectivity index (χ3v) is 4.91. The molecule has 142 valence electrons. The number of aryl methyl sites for hydroxylation is 1. The van der Waals surface area contributed by atoms with Crippen LogP contribution in [0.15, 0.2) is 64.0 Å². The van der Waals surface area contributed by atoms with Crippen molar-refractivity contribution in [3.05, 3.63) is 93.3 Å². The highest BCUT2D eigenvalue weighted by molar-refractivity contribution is 6.01. The summed E-state index contributed by atoms with van der Waals surface area (Å²) in [4.78, 5) is 42.3. The third-order valence-electron chi connectivity index (χ3n) is 4.91. The molecule has 1 aliphatic rings. The smallest absolute Gasteiger partial charge is 0.261 e. The largest absolute Gasteiger partial charge is 0.467 e. The number of ketones is 1. The number of aromatic amines is 1. The van der Waals surface area contributed by atoms with E-state index in [9.17, 15) is 14.4 Å². The van der Waals surface area contributed by atoms with E-state index in [1.54, 1.807) is 23.3 Å². The van der Waals surface area contributed by atoms with Crippen molar-refractivity contribution in [3.63, 3.8) is 0 Å². The maximum absolute atomic E-state index is 13.2. The molecule has 6 nitrogen and oxygen atoms in total. The lowest BCUT2D eigenvalue weighted by Gasteiger charge is -2.23. The van der Waals surface area contributed by atoms with Crippen molar-refractivity contribution in [3.8, 4) is 0 Å². The summed E-state index contributed by atoms with van der Waals surface area (Å²) in [6.45, 7) is 0.552. The van der Waals surface area contributed by atoms with Crippen LogP contribution in [0, 0.1) is 0 Å². The molecule has 0 spiro atoms. The SMILES string of the molecule is O=C1CCCc2[nH]c(=O)c(C(=O)N(Cc3ccccc3)Cc3ccco3)cc21. The van der Waals surface area contributed by atoms with Gasteiger partial charge in [0, 0.05) is 24.2 Å². The molecule has 1 aliphatic carbocycles. The highest BCUT2D eigenvalue weighted by Crippen LogP contribution is 2.20. The number of fused-ring (bicyclic) bond motifs is 1.